The van der Waals surface area contributed by atoms with Crippen molar-refractivity contribution in [2.75, 3.05) is 0 Å². The minimum Gasteiger partial charge on any atom is -0.279 e. The van der Waals surface area contributed by atoms with Gasteiger partial charge in [-0.1, -0.05) is 48.1 Å². The van der Waals surface area contributed by atoms with E-state index in [1.165, 1.54) is 24.3 Å². The molecule has 0 unspecified atom stereocenters. The SMILES string of the molecule is O=C(C#C/C=C\C#Cc1ccc([N+](=O)[O-])cc1)c1ccccc1. The van der Waals surface area contributed by atoms with Crippen LogP contribution in [-0.2, 0) is 0 Å². The number of allylic oxidation sites excluding steroid dienone is 2. The van der Waals surface area contributed by atoms with Crippen LogP contribution in [0.3, 0.4) is 0 Å². The normalized spacial score (nSPS) is 9.39. The van der Waals surface area contributed by atoms with Gasteiger partial charge in [0, 0.05) is 23.3 Å². The number of hydrogen-bond acceptors (Lipinski definition) is 3. The fourth-order valence-corrected chi connectivity index (χ4v) is 1.64. The van der Waals surface area contributed by atoms with Gasteiger partial charge in [-0.25, -0.2) is 0 Å². The minimum atomic E-state index is -0.462. The van der Waals surface area contributed by atoms with Crippen molar-refractivity contribution >= 4 is 11.5 Å². The zero-order valence-corrected chi connectivity index (χ0v) is 12.0. The van der Waals surface area contributed by atoms with Crippen molar-refractivity contribution in [2.24, 2.45) is 0 Å². The molecule has 4 heteroatoms. The van der Waals surface area contributed by atoms with Gasteiger partial charge >= 0.3 is 0 Å². The van der Waals surface area contributed by atoms with Crippen molar-refractivity contribution in [3.05, 3.63) is 88.0 Å². The third kappa shape index (κ3) is 5.00. The summed E-state index contributed by atoms with van der Waals surface area (Å²) in [4.78, 5) is 21.7. The standard InChI is InChI=1S/C19H11NO3/c21-19(17-9-5-3-6-10-17)11-7-2-1-4-8-16-12-14-18(15-13-16)20(22)23/h1-3,5-6,9-10,12-15H/b2-1-. The fraction of sp³-hybridized carbons (Fsp3) is 0. The Labute approximate surface area is 133 Å². The Morgan fingerprint density at radius 3 is 2.26 bits per heavy atom. The average Bonchev–Trinajstić information content (AvgIpc) is 2.59. The Morgan fingerprint density at radius 1 is 0.957 bits per heavy atom. The van der Waals surface area contributed by atoms with Crippen LogP contribution in [0.5, 0.6) is 0 Å². The van der Waals surface area contributed by atoms with Gasteiger partial charge in [-0.15, -0.1) is 0 Å². The van der Waals surface area contributed by atoms with Crippen molar-refractivity contribution < 1.29 is 9.72 Å². The zero-order chi connectivity index (χ0) is 16.5. The molecule has 0 fully saturated rings. The van der Waals surface area contributed by atoms with E-state index in [1.54, 1.807) is 36.4 Å². The molecule has 0 aliphatic carbocycles. The summed E-state index contributed by atoms with van der Waals surface area (Å²) in [5.74, 6) is 10.4. The molecule has 110 valence electrons. The lowest BCUT2D eigenvalue weighted by Crippen LogP contribution is -1.92. The number of hydrogen-bond donors (Lipinski definition) is 0. The van der Waals surface area contributed by atoms with E-state index in [0.717, 1.165) is 0 Å². The Kier molecular flexibility index (Phi) is 5.46. The molecule has 0 saturated carbocycles. The number of ketones is 1. The van der Waals surface area contributed by atoms with Crippen LogP contribution in [0.15, 0.2) is 66.7 Å². The van der Waals surface area contributed by atoms with Crippen molar-refractivity contribution in [3.63, 3.8) is 0 Å². The number of carbonyl (C=O) groups excluding carboxylic acids is 1. The van der Waals surface area contributed by atoms with Gasteiger partial charge in [0.05, 0.1) is 4.92 Å². The number of Topliss-reactive ketones (excluding diaryl/α,β-unsaturated/α-hetero) is 1. The summed E-state index contributed by atoms with van der Waals surface area (Å²) < 4.78 is 0. The summed E-state index contributed by atoms with van der Waals surface area (Å²) in [5.41, 5.74) is 1.23. The van der Waals surface area contributed by atoms with Crippen LogP contribution in [-0.4, -0.2) is 10.7 Å². The number of nitro groups is 1. The molecule has 2 aromatic carbocycles. The first-order valence-electron chi connectivity index (χ1n) is 6.69. The lowest BCUT2D eigenvalue weighted by Gasteiger charge is -1.90. The number of nitro benzene ring substituents is 1. The van der Waals surface area contributed by atoms with Crippen molar-refractivity contribution in [1.82, 2.24) is 0 Å². The maximum atomic E-state index is 11.7. The van der Waals surface area contributed by atoms with Gasteiger partial charge in [0.25, 0.3) is 5.69 Å². The van der Waals surface area contributed by atoms with Crippen LogP contribution in [0.1, 0.15) is 15.9 Å². The molecule has 0 atom stereocenters. The molecule has 0 aliphatic heterocycles. The van der Waals surface area contributed by atoms with Gasteiger partial charge in [-0.05, 0) is 30.2 Å². The summed E-state index contributed by atoms with van der Waals surface area (Å²) in [6, 6.07) is 14.7. The second kappa shape index (κ2) is 7.97. The van der Waals surface area contributed by atoms with E-state index in [9.17, 15) is 14.9 Å². The maximum absolute atomic E-state index is 11.7. The van der Waals surface area contributed by atoms with Crippen molar-refractivity contribution in [1.29, 1.82) is 0 Å². The van der Waals surface area contributed by atoms with Gasteiger partial charge in [-0.3, -0.25) is 14.9 Å². The molecule has 23 heavy (non-hydrogen) atoms. The van der Waals surface area contributed by atoms with E-state index < -0.39 is 4.92 Å². The van der Waals surface area contributed by atoms with E-state index >= 15 is 0 Å². The molecule has 0 N–H and O–H groups in total. The number of carbonyl (C=O) groups is 1. The number of benzene rings is 2. The highest BCUT2D eigenvalue weighted by molar-refractivity contribution is 6.09. The van der Waals surface area contributed by atoms with Crippen LogP contribution in [0.2, 0.25) is 0 Å². The fourth-order valence-electron chi connectivity index (χ4n) is 1.64. The van der Waals surface area contributed by atoms with Gasteiger partial charge in [0.1, 0.15) is 0 Å². The predicted octanol–water partition coefficient (Wildman–Crippen LogP) is 3.39. The van der Waals surface area contributed by atoms with Crippen molar-refractivity contribution in [2.45, 2.75) is 0 Å². The van der Waals surface area contributed by atoms with Gasteiger partial charge < -0.3 is 0 Å². The van der Waals surface area contributed by atoms with E-state index in [4.69, 9.17) is 0 Å². The number of non-ortho nitro benzene ring substituents is 1. The summed E-state index contributed by atoms with van der Waals surface area (Å²) in [6.07, 6.45) is 3.01. The molecule has 0 aliphatic rings. The Balaban J connectivity index is 1.94. The molecule has 0 spiro atoms. The maximum Gasteiger partial charge on any atom is 0.269 e. The first kappa shape index (κ1) is 15.8. The topological polar surface area (TPSA) is 60.2 Å². The number of nitrogens with zero attached hydrogens (tertiary/aromatic N) is 1. The van der Waals surface area contributed by atoms with Crippen LogP contribution in [0, 0.1) is 33.8 Å². The molecule has 0 bridgehead atoms. The molecule has 2 aromatic rings. The smallest absolute Gasteiger partial charge is 0.269 e. The first-order valence-corrected chi connectivity index (χ1v) is 6.69. The van der Waals surface area contributed by atoms with E-state index in [1.807, 2.05) is 6.07 Å². The first-order chi connectivity index (χ1) is 11.2. The summed E-state index contributed by atoms with van der Waals surface area (Å²) in [7, 11) is 0. The van der Waals surface area contributed by atoms with Crippen LogP contribution >= 0.6 is 0 Å². The highest BCUT2D eigenvalue weighted by atomic mass is 16.6. The van der Waals surface area contributed by atoms with Crippen molar-refractivity contribution in [3.8, 4) is 23.7 Å². The summed E-state index contributed by atoms with van der Waals surface area (Å²) >= 11 is 0. The third-order valence-corrected chi connectivity index (χ3v) is 2.77. The number of rotatable bonds is 2. The van der Waals surface area contributed by atoms with Crippen LogP contribution < -0.4 is 0 Å². The van der Waals surface area contributed by atoms with Gasteiger partial charge in [0.2, 0.25) is 5.78 Å². The van der Waals surface area contributed by atoms with Crippen LogP contribution in [0.4, 0.5) is 5.69 Å². The summed E-state index contributed by atoms with van der Waals surface area (Å²) in [5, 5.41) is 10.5. The monoisotopic (exact) mass is 301 g/mol. The Hall–Kier alpha value is -3.63. The molecule has 2 rings (SSSR count). The molecule has 0 saturated heterocycles. The van der Waals surface area contributed by atoms with Gasteiger partial charge in [0.15, 0.2) is 0 Å². The Morgan fingerprint density at radius 2 is 1.61 bits per heavy atom. The molecular weight excluding hydrogens is 290 g/mol. The zero-order valence-electron chi connectivity index (χ0n) is 12.0. The predicted molar refractivity (Wildman–Crippen MR) is 87.7 cm³/mol. The van der Waals surface area contributed by atoms with Gasteiger partial charge in [-0.2, -0.15) is 0 Å². The molecule has 0 radical (unpaired) electrons. The molecule has 0 heterocycles. The lowest BCUT2D eigenvalue weighted by molar-refractivity contribution is -0.384. The highest BCUT2D eigenvalue weighted by Gasteiger charge is 2.01. The lowest BCUT2D eigenvalue weighted by atomic mass is 10.1. The van der Waals surface area contributed by atoms with E-state index in [-0.39, 0.29) is 11.5 Å². The summed E-state index contributed by atoms with van der Waals surface area (Å²) in [6.45, 7) is 0. The molecule has 0 amide bonds. The largest absolute Gasteiger partial charge is 0.279 e. The highest BCUT2D eigenvalue weighted by Crippen LogP contribution is 2.10. The van der Waals surface area contributed by atoms with E-state index in [0.29, 0.717) is 11.1 Å². The third-order valence-electron chi connectivity index (χ3n) is 2.77. The second-order valence-electron chi connectivity index (χ2n) is 4.37. The average molecular weight is 301 g/mol. The molecule has 0 aromatic heterocycles. The second-order valence-corrected chi connectivity index (χ2v) is 4.37. The minimum absolute atomic E-state index is 0.0244. The van der Waals surface area contributed by atoms with E-state index in [2.05, 4.69) is 23.7 Å². The molecular formula is C19H11NO3. The Bertz CT molecular complexity index is 858. The quantitative estimate of drug-likeness (QED) is 0.281. The van der Waals surface area contributed by atoms with Crippen LogP contribution in [0.25, 0.3) is 0 Å². The molecule has 4 nitrogen and oxygen atoms in total.